The molecule has 26 heavy (non-hydrogen) atoms. The number of nitrogens with one attached hydrogen (secondary N) is 1. The predicted octanol–water partition coefficient (Wildman–Crippen LogP) is 4.92. The molecule has 2 aromatic heterocycles. The van der Waals surface area contributed by atoms with Gasteiger partial charge in [0, 0.05) is 5.39 Å². The first kappa shape index (κ1) is 16.5. The lowest BCUT2D eigenvalue weighted by molar-refractivity contribution is 0.415. The first-order valence-corrected chi connectivity index (χ1v) is 8.66. The third-order valence-corrected chi connectivity index (χ3v) is 4.98. The summed E-state index contributed by atoms with van der Waals surface area (Å²) in [7, 11) is 1.59. The summed E-state index contributed by atoms with van der Waals surface area (Å²) in [5.74, 6) is 0.433. The van der Waals surface area contributed by atoms with E-state index in [1.54, 1.807) is 31.4 Å². The van der Waals surface area contributed by atoms with E-state index in [2.05, 4.69) is 20.2 Å². The van der Waals surface area contributed by atoms with Crippen molar-refractivity contribution < 1.29 is 9.84 Å². The van der Waals surface area contributed by atoms with Gasteiger partial charge in [-0.3, -0.25) is 4.79 Å². The highest BCUT2D eigenvalue weighted by molar-refractivity contribution is 7.21. The van der Waals surface area contributed by atoms with Gasteiger partial charge in [-0.05, 0) is 30.3 Å². The van der Waals surface area contributed by atoms with Crippen LogP contribution in [-0.4, -0.2) is 22.2 Å². The number of nitrogens with zero attached hydrogens (tertiary/aromatic N) is 3. The standard InChI is InChI=1S/C17H11ClN4O3S/c1-25-8-5-6-11-12(7-8)26-17(19-11)22-21-14-15(23)9-3-2-4-10(18)13(9)20-16(14)24/h2-7H,1H3,(H2,20,23,24). The number of fused-ring (bicyclic) bond motifs is 2. The van der Waals surface area contributed by atoms with Crippen molar-refractivity contribution in [1.29, 1.82) is 0 Å². The monoisotopic (exact) mass is 386 g/mol. The second-order valence-corrected chi connectivity index (χ2v) is 6.76. The first-order valence-electron chi connectivity index (χ1n) is 7.46. The number of thiazole rings is 1. The Labute approximate surface area is 155 Å². The molecule has 130 valence electrons. The molecule has 0 fully saturated rings. The van der Waals surface area contributed by atoms with Crippen molar-refractivity contribution in [2.75, 3.05) is 7.11 Å². The topological polar surface area (TPSA) is 99.9 Å². The van der Waals surface area contributed by atoms with E-state index in [0.717, 1.165) is 10.2 Å². The minimum absolute atomic E-state index is 0.198. The number of azo groups is 1. The zero-order valence-corrected chi connectivity index (χ0v) is 14.9. The molecule has 0 amide bonds. The molecule has 0 aliphatic heterocycles. The Morgan fingerprint density at radius 1 is 1.27 bits per heavy atom. The van der Waals surface area contributed by atoms with Gasteiger partial charge in [0.2, 0.25) is 5.13 Å². The molecule has 9 heteroatoms. The van der Waals surface area contributed by atoms with Crippen LogP contribution in [0.3, 0.4) is 0 Å². The quantitative estimate of drug-likeness (QED) is 0.488. The van der Waals surface area contributed by atoms with Gasteiger partial charge >= 0.3 is 0 Å². The summed E-state index contributed by atoms with van der Waals surface area (Å²) >= 11 is 7.34. The highest BCUT2D eigenvalue weighted by Crippen LogP contribution is 2.35. The van der Waals surface area contributed by atoms with Crippen LogP contribution in [0.15, 0.2) is 51.4 Å². The van der Waals surface area contributed by atoms with Gasteiger partial charge in [-0.2, -0.15) is 0 Å². The number of H-pyrrole nitrogens is 1. The second-order valence-electron chi connectivity index (χ2n) is 5.34. The molecule has 4 aromatic rings. The fraction of sp³-hybridized carbons (Fsp3) is 0.0588. The van der Waals surface area contributed by atoms with E-state index in [-0.39, 0.29) is 11.4 Å². The highest BCUT2D eigenvalue weighted by atomic mass is 35.5. The third-order valence-electron chi connectivity index (χ3n) is 3.77. The fourth-order valence-electron chi connectivity index (χ4n) is 2.50. The Bertz CT molecular complexity index is 1230. The largest absolute Gasteiger partial charge is 0.505 e. The molecular weight excluding hydrogens is 376 g/mol. The van der Waals surface area contributed by atoms with Crippen molar-refractivity contribution in [1.82, 2.24) is 9.97 Å². The third kappa shape index (κ3) is 2.79. The van der Waals surface area contributed by atoms with Crippen molar-refractivity contribution in [3.63, 3.8) is 0 Å². The maximum atomic E-state index is 12.2. The minimum atomic E-state index is -0.588. The lowest BCUT2D eigenvalue weighted by Crippen LogP contribution is -2.05. The molecule has 0 bridgehead atoms. The molecule has 0 saturated carbocycles. The fourth-order valence-corrected chi connectivity index (χ4v) is 3.54. The predicted molar refractivity (Wildman–Crippen MR) is 102 cm³/mol. The number of halogens is 1. The number of para-hydroxylation sites is 1. The summed E-state index contributed by atoms with van der Waals surface area (Å²) in [6.45, 7) is 0. The van der Waals surface area contributed by atoms with E-state index < -0.39 is 5.56 Å². The lowest BCUT2D eigenvalue weighted by atomic mass is 10.2. The number of rotatable bonds is 3. The second kappa shape index (κ2) is 6.40. The first-order chi connectivity index (χ1) is 12.6. The average Bonchev–Trinajstić information content (AvgIpc) is 3.04. The van der Waals surface area contributed by atoms with Gasteiger partial charge in [0.05, 0.1) is 27.9 Å². The Kier molecular flexibility index (Phi) is 4.06. The van der Waals surface area contributed by atoms with Crippen LogP contribution in [0.1, 0.15) is 0 Å². The number of hydrogen-bond donors (Lipinski definition) is 2. The highest BCUT2D eigenvalue weighted by Gasteiger charge is 2.13. The van der Waals surface area contributed by atoms with Crippen LogP contribution in [0.25, 0.3) is 21.1 Å². The summed E-state index contributed by atoms with van der Waals surface area (Å²) in [4.78, 5) is 19.2. The zero-order valence-electron chi connectivity index (χ0n) is 13.4. The van der Waals surface area contributed by atoms with Crippen LogP contribution in [0.5, 0.6) is 11.5 Å². The van der Waals surface area contributed by atoms with Gasteiger partial charge in [-0.1, -0.05) is 29.0 Å². The SMILES string of the molecule is COc1ccc2nc(N=Nc3c(O)c4cccc(Cl)c4[nH]c3=O)sc2c1. The van der Waals surface area contributed by atoms with E-state index in [4.69, 9.17) is 16.3 Å². The zero-order chi connectivity index (χ0) is 18.3. The molecule has 2 heterocycles. The molecule has 0 saturated heterocycles. The van der Waals surface area contributed by atoms with Crippen molar-refractivity contribution in [2.24, 2.45) is 10.2 Å². The Morgan fingerprint density at radius 2 is 2.12 bits per heavy atom. The number of methoxy groups -OCH3 is 1. The lowest BCUT2D eigenvalue weighted by Gasteiger charge is -2.04. The number of aromatic hydroxyl groups is 1. The number of benzene rings is 2. The number of ether oxygens (including phenoxy) is 1. The van der Waals surface area contributed by atoms with Gasteiger partial charge in [-0.15, -0.1) is 10.2 Å². The van der Waals surface area contributed by atoms with Crippen LogP contribution in [0.4, 0.5) is 10.8 Å². The summed E-state index contributed by atoms with van der Waals surface area (Å²) < 4.78 is 6.05. The molecule has 0 radical (unpaired) electrons. The van der Waals surface area contributed by atoms with E-state index >= 15 is 0 Å². The van der Waals surface area contributed by atoms with Crippen molar-refractivity contribution >= 4 is 54.9 Å². The normalized spacial score (nSPS) is 11.6. The van der Waals surface area contributed by atoms with Crippen LogP contribution in [0, 0.1) is 0 Å². The van der Waals surface area contributed by atoms with Gasteiger partial charge in [-0.25, -0.2) is 4.98 Å². The summed E-state index contributed by atoms with van der Waals surface area (Å²) in [6.07, 6.45) is 0. The number of aromatic nitrogens is 2. The molecule has 2 aromatic carbocycles. The molecule has 0 aliphatic carbocycles. The molecule has 0 unspecified atom stereocenters. The maximum Gasteiger partial charge on any atom is 0.280 e. The van der Waals surface area contributed by atoms with Crippen LogP contribution in [-0.2, 0) is 0 Å². The Morgan fingerprint density at radius 3 is 2.92 bits per heavy atom. The number of pyridine rings is 1. The van der Waals surface area contributed by atoms with Gasteiger partial charge in [0.15, 0.2) is 11.4 Å². The molecule has 2 N–H and O–H groups in total. The van der Waals surface area contributed by atoms with Crippen LogP contribution < -0.4 is 10.3 Å². The van der Waals surface area contributed by atoms with Gasteiger partial charge in [0.1, 0.15) is 5.75 Å². The van der Waals surface area contributed by atoms with E-state index in [9.17, 15) is 9.90 Å². The summed E-state index contributed by atoms with van der Waals surface area (Å²) in [6, 6.07) is 10.4. The molecule has 0 aliphatic rings. The molecule has 0 spiro atoms. The molecular formula is C17H11ClN4O3S. The summed E-state index contributed by atoms with van der Waals surface area (Å²) in [5, 5.41) is 19.4. The number of aromatic amines is 1. The Balaban J connectivity index is 1.78. The molecule has 0 atom stereocenters. The van der Waals surface area contributed by atoms with Crippen molar-refractivity contribution in [3.8, 4) is 11.5 Å². The van der Waals surface area contributed by atoms with E-state index in [0.29, 0.717) is 26.8 Å². The van der Waals surface area contributed by atoms with Crippen molar-refractivity contribution in [3.05, 3.63) is 51.8 Å². The minimum Gasteiger partial charge on any atom is -0.505 e. The van der Waals surface area contributed by atoms with Gasteiger partial charge in [0.25, 0.3) is 5.56 Å². The average molecular weight is 387 g/mol. The van der Waals surface area contributed by atoms with Crippen LogP contribution >= 0.6 is 22.9 Å². The Hall–Kier alpha value is -2.97. The van der Waals surface area contributed by atoms with E-state index in [1.165, 1.54) is 11.3 Å². The van der Waals surface area contributed by atoms with Crippen LogP contribution in [0.2, 0.25) is 5.02 Å². The molecule has 4 rings (SSSR count). The smallest absolute Gasteiger partial charge is 0.280 e. The van der Waals surface area contributed by atoms with Gasteiger partial charge < -0.3 is 14.8 Å². The molecule has 7 nitrogen and oxygen atoms in total. The van der Waals surface area contributed by atoms with Crippen molar-refractivity contribution in [2.45, 2.75) is 0 Å². The van der Waals surface area contributed by atoms with E-state index in [1.807, 2.05) is 12.1 Å². The number of hydrogen-bond acceptors (Lipinski definition) is 7. The summed E-state index contributed by atoms with van der Waals surface area (Å²) in [5.41, 5.74) is 0.308. The maximum absolute atomic E-state index is 12.2.